The number of esters is 1. The first kappa shape index (κ1) is 17.8. The molecule has 1 heterocycles. The van der Waals surface area contributed by atoms with Gasteiger partial charge in [-0.3, -0.25) is 14.6 Å². The van der Waals surface area contributed by atoms with Crippen LogP contribution in [0.5, 0.6) is 0 Å². The molecule has 0 saturated heterocycles. The molecular formula is C19H21N3O4. The van der Waals surface area contributed by atoms with Crippen molar-refractivity contribution in [2.75, 3.05) is 13.2 Å². The molecule has 0 spiro atoms. The molecule has 0 saturated carbocycles. The minimum atomic E-state index is -0.659. The Kier molecular flexibility index (Phi) is 5.16. The van der Waals surface area contributed by atoms with Crippen molar-refractivity contribution in [3.63, 3.8) is 0 Å². The quantitative estimate of drug-likeness (QED) is 0.781. The lowest BCUT2D eigenvalue weighted by molar-refractivity contribution is -0.127. The Bertz CT molecular complexity index is 878. The van der Waals surface area contributed by atoms with Crippen LogP contribution in [0.25, 0.3) is 10.9 Å². The summed E-state index contributed by atoms with van der Waals surface area (Å²) in [5, 5.41) is 3.02. The topological polar surface area (TPSA) is 111 Å². The second kappa shape index (κ2) is 7.51. The predicted molar refractivity (Wildman–Crippen MR) is 95.4 cm³/mol. The van der Waals surface area contributed by atoms with Crippen LogP contribution in [0, 0.1) is 5.92 Å². The normalized spacial score (nSPS) is 16.0. The number of hydrogen-bond acceptors (Lipinski definition) is 5. The number of pyridine rings is 1. The number of aryl methyl sites for hydroxylation is 1. The third kappa shape index (κ3) is 3.82. The Morgan fingerprint density at radius 3 is 2.85 bits per heavy atom. The van der Waals surface area contributed by atoms with Gasteiger partial charge in [0.05, 0.1) is 17.6 Å². The number of primary amides is 1. The summed E-state index contributed by atoms with van der Waals surface area (Å²) >= 11 is 0. The van der Waals surface area contributed by atoms with Crippen molar-refractivity contribution in [2.45, 2.75) is 26.2 Å². The van der Waals surface area contributed by atoms with Crippen molar-refractivity contribution in [3.8, 4) is 0 Å². The second-order valence-corrected chi connectivity index (χ2v) is 6.60. The van der Waals surface area contributed by atoms with Crippen LogP contribution >= 0.6 is 0 Å². The SMILES string of the molecule is C[C@H]1CCc2nc3ccccc3c(C(=O)OCC(=O)NCC(N)=O)c2C1. The van der Waals surface area contributed by atoms with Crippen LogP contribution in [0.15, 0.2) is 24.3 Å². The van der Waals surface area contributed by atoms with Gasteiger partial charge in [0.2, 0.25) is 5.91 Å². The number of para-hydroxylation sites is 1. The van der Waals surface area contributed by atoms with Gasteiger partial charge in [0.1, 0.15) is 0 Å². The molecule has 0 unspecified atom stereocenters. The highest BCUT2D eigenvalue weighted by Crippen LogP contribution is 2.31. The van der Waals surface area contributed by atoms with Crippen LogP contribution < -0.4 is 11.1 Å². The van der Waals surface area contributed by atoms with Crippen LogP contribution in [0.2, 0.25) is 0 Å². The number of nitrogens with one attached hydrogen (secondary N) is 1. The molecule has 136 valence electrons. The van der Waals surface area contributed by atoms with E-state index in [0.717, 1.165) is 41.4 Å². The maximum atomic E-state index is 12.8. The van der Waals surface area contributed by atoms with Crippen molar-refractivity contribution in [1.29, 1.82) is 0 Å². The zero-order chi connectivity index (χ0) is 18.7. The summed E-state index contributed by atoms with van der Waals surface area (Å²) in [6.45, 7) is 1.39. The van der Waals surface area contributed by atoms with Gasteiger partial charge < -0.3 is 15.8 Å². The van der Waals surface area contributed by atoms with E-state index in [2.05, 4.69) is 12.2 Å². The number of ether oxygens (including phenoxy) is 1. The standard InChI is InChI=1S/C19H21N3O4/c1-11-6-7-15-13(8-11)18(12-4-2-3-5-14(12)22-15)19(25)26-10-17(24)21-9-16(20)23/h2-5,11H,6-10H2,1H3,(H2,20,23)(H,21,24)/t11-/m0/s1. The molecular weight excluding hydrogens is 334 g/mol. The molecule has 1 aromatic carbocycles. The van der Waals surface area contributed by atoms with E-state index in [0.29, 0.717) is 11.5 Å². The van der Waals surface area contributed by atoms with Gasteiger partial charge in [0.15, 0.2) is 6.61 Å². The van der Waals surface area contributed by atoms with Gasteiger partial charge in [0.25, 0.3) is 5.91 Å². The number of hydrogen-bond donors (Lipinski definition) is 2. The summed E-state index contributed by atoms with van der Waals surface area (Å²) in [5.74, 6) is -1.33. The van der Waals surface area contributed by atoms with E-state index < -0.39 is 24.4 Å². The predicted octanol–water partition coefficient (Wildman–Crippen LogP) is 1.12. The second-order valence-electron chi connectivity index (χ2n) is 6.60. The molecule has 1 aromatic heterocycles. The first-order chi connectivity index (χ1) is 12.5. The number of nitrogens with zero attached hydrogens (tertiary/aromatic N) is 1. The molecule has 0 bridgehead atoms. The fourth-order valence-corrected chi connectivity index (χ4v) is 3.24. The van der Waals surface area contributed by atoms with Crippen LogP contribution in [0.1, 0.15) is 35.0 Å². The average Bonchev–Trinajstić information content (AvgIpc) is 2.62. The molecule has 1 aliphatic rings. The Balaban J connectivity index is 1.88. The maximum absolute atomic E-state index is 12.8. The van der Waals surface area contributed by atoms with E-state index in [1.165, 1.54) is 0 Å². The summed E-state index contributed by atoms with van der Waals surface area (Å²) < 4.78 is 5.20. The largest absolute Gasteiger partial charge is 0.452 e. The lowest BCUT2D eigenvalue weighted by atomic mass is 9.84. The highest BCUT2D eigenvalue weighted by Gasteiger charge is 2.26. The number of carbonyl (C=O) groups is 3. The molecule has 0 radical (unpaired) electrons. The molecule has 3 rings (SSSR count). The first-order valence-electron chi connectivity index (χ1n) is 8.58. The number of benzene rings is 1. The molecule has 0 aliphatic heterocycles. The number of carbonyl (C=O) groups excluding carboxylic acids is 3. The van der Waals surface area contributed by atoms with Gasteiger partial charge >= 0.3 is 5.97 Å². The number of fused-ring (bicyclic) bond motifs is 2. The van der Waals surface area contributed by atoms with Crippen molar-refractivity contribution in [2.24, 2.45) is 11.7 Å². The van der Waals surface area contributed by atoms with Gasteiger partial charge in [-0.1, -0.05) is 25.1 Å². The maximum Gasteiger partial charge on any atom is 0.339 e. The zero-order valence-electron chi connectivity index (χ0n) is 14.6. The van der Waals surface area contributed by atoms with E-state index in [1.54, 1.807) is 0 Å². The summed E-state index contributed by atoms with van der Waals surface area (Å²) in [6.07, 6.45) is 2.61. The van der Waals surface area contributed by atoms with Gasteiger partial charge in [-0.2, -0.15) is 0 Å². The molecule has 3 N–H and O–H groups in total. The highest BCUT2D eigenvalue weighted by atomic mass is 16.5. The molecule has 2 aromatic rings. The van der Waals surface area contributed by atoms with E-state index >= 15 is 0 Å². The van der Waals surface area contributed by atoms with Crippen LogP contribution in [-0.4, -0.2) is 35.9 Å². The lowest BCUT2D eigenvalue weighted by Gasteiger charge is -2.24. The lowest BCUT2D eigenvalue weighted by Crippen LogP contribution is -2.36. The molecule has 7 nitrogen and oxygen atoms in total. The van der Waals surface area contributed by atoms with Crippen molar-refractivity contribution in [1.82, 2.24) is 10.3 Å². The number of nitrogens with two attached hydrogens (primary N) is 1. The average molecular weight is 355 g/mol. The van der Waals surface area contributed by atoms with Crippen molar-refractivity contribution in [3.05, 3.63) is 41.1 Å². The monoisotopic (exact) mass is 355 g/mol. The fraction of sp³-hybridized carbons (Fsp3) is 0.368. The summed E-state index contributed by atoms with van der Waals surface area (Å²) in [6, 6.07) is 7.42. The Labute approximate surface area is 150 Å². The smallest absolute Gasteiger partial charge is 0.339 e. The highest BCUT2D eigenvalue weighted by molar-refractivity contribution is 6.05. The Morgan fingerprint density at radius 1 is 1.31 bits per heavy atom. The van der Waals surface area contributed by atoms with E-state index in [1.807, 2.05) is 24.3 Å². The summed E-state index contributed by atoms with van der Waals surface area (Å²) in [7, 11) is 0. The van der Waals surface area contributed by atoms with E-state index in [9.17, 15) is 14.4 Å². The summed E-state index contributed by atoms with van der Waals surface area (Å²) in [4.78, 5) is 39.8. The van der Waals surface area contributed by atoms with Gasteiger partial charge in [-0.05, 0) is 36.8 Å². The molecule has 26 heavy (non-hydrogen) atoms. The van der Waals surface area contributed by atoms with Crippen LogP contribution in [0.3, 0.4) is 0 Å². The molecule has 1 atom stereocenters. The van der Waals surface area contributed by atoms with Gasteiger partial charge in [-0.25, -0.2) is 4.79 Å². The molecule has 1 aliphatic carbocycles. The molecule has 0 fully saturated rings. The molecule has 2 amide bonds. The van der Waals surface area contributed by atoms with E-state index in [-0.39, 0.29) is 6.54 Å². The van der Waals surface area contributed by atoms with Crippen LogP contribution in [0.4, 0.5) is 0 Å². The Morgan fingerprint density at radius 2 is 2.08 bits per heavy atom. The Hall–Kier alpha value is -2.96. The fourth-order valence-electron chi connectivity index (χ4n) is 3.24. The van der Waals surface area contributed by atoms with Crippen molar-refractivity contribution < 1.29 is 19.1 Å². The minimum Gasteiger partial charge on any atom is -0.452 e. The van der Waals surface area contributed by atoms with E-state index in [4.69, 9.17) is 15.5 Å². The van der Waals surface area contributed by atoms with Gasteiger partial charge in [-0.15, -0.1) is 0 Å². The molecule has 7 heteroatoms. The van der Waals surface area contributed by atoms with Gasteiger partial charge in [0, 0.05) is 11.1 Å². The first-order valence-corrected chi connectivity index (χ1v) is 8.58. The third-order valence-corrected chi connectivity index (χ3v) is 4.50. The minimum absolute atomic E-state index is 0.290. The number of aromatic nitrogens is 1. The van der Waals surface area contributed by atoms with Crippen molar-refractivity contribution >= 4 is 28.7 Å². The summed E-state index contributed by atoms with van der Waals surface area (Å²) in [5.41, 5.74) is 8.03. The number of rotatable bonds is 5. The number of amides is 2. The van der Waals surface area contributed by atoms with Crippen LogP contribution in [-0.2, 0) is 27.2 Å². The third-order valence-electron chi connectivity index (χ3n) is 4.50. The zero-order valence-corrected chi connectivity index (χ0v) is 14.6.